The number of carbonyl (C=O) groups is 4. The number of hydrogen-bond acceptors (Lipinski definition) is 8. The Morgan fingerprint density at radius 1 is 0.920 bits per heavy atom. The third-order valence-electron chi connectivity index (χ3n) is 10.7. The Morgan fingerprint density at radius 3 is 2.32 bits per heavy atom. The minimum Gasteiger partial charge on any atom is -0.466 e. The Labute approximate surface area is 292 Å². The first kappa shape index (κ1) is 35.2. The van der Waals surface area contributed by atoms with Gasteiger partial charge in [0.05, 0.1) is 46.9 Å². The van der Waals surface area contributed by atoms with Gasteiger partial charge < -0.3 is 19.8 Å². The van der Waals surface area contributed by atoms with E-state index >= 15 is 0 Å². The number of imide groups is 1. The van der Waals surface area contributed by atoms with E-state index in [-0.39, 0.29) is 59.5 Å². The number of aromatic amines is 2. The van der Waals surface area contributed by atoms with Gasteiger partial charge in [0.2, 0.25) is 0 Å². The van der Waals surface area contributed by atoms with Gasteiger partial charge >= 0.3 is 5.97 Å². The number of ketones is 1. The molecular formula is C39H47N5O6. The molecule has 4 atom stereocenters. The number of ether oxygens (including phenoxy) is 1. The number of fused-ring (bicyclic) bond motifs is 8. The minimum atomic E-state index is -0.464. The zero-order chi connectivity index (χ0) is 36.0. The van der Waals surface area contributed by atoms with E-state index in [1.54, 1.807) is 6.92 Å². The summed E-state index contributed by atoms with van der Waals surface area (Å²) in [6.07, 6.45) is 2.56. The van der Waals surface area contributed by atoms with Crippen molar-refractivity contribution in [3.05, 3.63) is 69.1 Å². The predicted molar refractivity (Wildman–Crippen MR) is 190 cm³/mol. The van der Waals surface area contributed by atoms with Crippen LogP contribution in [0.4, 0.5) is 0 Å². The van der Waals surface area contributed by atoms with Crippen molar-refractivity contribution in [1.29, 1.82) is 0 Å². The van der Waals surface area contributed by atoms with Crippen LogP contribution in [0.5, 0.6) is 0 Å². The molecule has 0 radical (unpaired) electrons. The quantitative estimate of drug-likeness (QED) is 0.179. The maximum Gasteiger partial charge on any atom is 0.305 e. The van der Waals surface area contributed by atoms with E-state index in [4.69, 9.17) is 14.7 Å². The fourth-order valence-corrected chi connectivity index (χ4v) is 7.99. The van der Waals surface area contributed by atoms with Gasteiger partial charge in [-0.25, -0.2) is 4.98 Å². The molecule has 4 aliphatic heterocycles. The number of aliphatic hydroxyl groups is 1. The molecule has 0 aromatic carbocycles. The number of rotatable bonds is 10. The van der Waals surface area contributed by atoms with Gasteiger partial charge in [0.25, 0.3) is 11.8 Å². The second-order valence-corrected chi connectivity index (χ2v) is 13.8. The molecular weight excluding hydrogens is 634 g/mol. The van der Waals surface area contributed by atoms with Gasteiger partial charge in [-0.2, -0.15) is 0 Å². The van der Waals surface area contributed by atoms with Crippen molar-refractivity contribution in [1.82, 2.24) is 24.8 Å². The largest absolute Gasteiger partial charge is 0.466 e. The number of nitrogens with one attached hydrogen (secondary N) is 2. The lowest BCUT2D eigenvalue weighted by Crippen LogP contribution is -2.41. The lowest BCUT2D eigenvalue weighted by Gasteiger charge is -2.26. The molecule has 0 saturated heterocycles. The third kappa shape index (κ3) is 5.85. The van der Waals surface area contributed by atoms with Gasteiger partial charge in [0, 0.05) is 70.4 Å². The van der Waals surface area contributed by atoms with Crippen molar-refractivity contribution in [2.45, 2.75) is 111 Å². The highest BCUT2D eigenvalue weighted by atomic mass is 16.5. The second kappa shape index (κ2) is 13.9. The number of nitrogens with zero attached hydrogens (tertiary/aromatic N) is 3. The van der Waals surface area contributed by atoms with Crippen molar-refractivity contribution < 1.29 is 29.0 Å². The Hall–Kier alpha value is -4.64. The van der Waals surface area contributed by atoms with Gasteiger partial charge in [-0.15, -0.1) is 0 Å². The molecule has 0 saturated carbocycles. The summed E-state index contributed by atoms with van der Waals surface area (Å²) in [4.78, 5) is 72.6. The fraction of sp³-hybridized carbons (Fsp3) is 0.487. The van der Waals surface area contributed by atoms with E-state index in [2.05, 4.69) is 23.8 Å². The molecule has 6 rings (SSSR count). The summed E-state index contributed by atoms with van der Waals surface area (Å²) >= 11 is 0. The van der Waals surface area contributed by atoms with Crippen LogP contribution in [0.25, 0.3) is 22.2 Å². The number of allylic oxidation sites excluding steroid dienone is 2. The average Bonchev–Trinajstić information content (AvgIpc) is 3.78. The number of Topliss-reactive ketones (excluding diaryl/α,β-unsaturated/α-hetero) is 1. The summed E-state index contributed by atoms with van der Waals surface area (Å²) in [5.41, 5.74) is 7.22. The number of amides is 2. The van der Waals surface area contributed by atoms with Gasteiger partial charge in [-0.3, -0.25) is 29.1 Å². The molecule has 2 aromatic heterocycles. The predicted octanol–water partition coefficient (Wildman–Crippen LogP) is 6.97. The van der Waals surface area contributed by atoms with Crippen LogP contribution < -0.4 is 0 Å². The zero-order valence-electron chi connectivity index (χ0n) is 30.0. The van der Waals surface area contributed by atoms with Gasteiger partial charge in [-0.05, 0) is 63.3 Å². The van der Waals surface area contributed by atoms with Crippen LogP contribution in [-0.2, 0) is 20.9 Å². The highest BCUT2D eigenvalue weighted by Gasteiger charge is 2.41. The number of aromatic nitrogens is 4. The molecule has 3 N–H and O–H groups in total. The molecule has 11 nitrogen and oxygen atoms in total. The first-order valence-corrected chi connectivity index (χ1v) is 17.9. The topological polar surface area (TPSA) is 158 Å². The summed E-state index contributed by atoms with van der Waals surface area (Å²) in [5, 5.41) is 10.8. The average molecular weight is 682 g/mol. The first-order valence-electron chi connectivity index (χ1n) is 17.9. The summed E-state index contributed by atoms with van der Waals surface area (Å²) in [6.45, 7) is 13.6. The van der Waals surface area contributed by atoms with E-state index in [1.165, 1.54) is 4.90 Å². The maximum atomic E-state index is 14.5. The van der Waals surface area contributed by atoms with E-state index < -0.39 is 18.4 Å². The highest BCUT2D eigenvalue weighted by molar-refractivity contribution is 6.27. The zero-order valence-corrected chi connectivity index (χ0v) is 30.0. The van der Waals surface area contributed by atoms with Crippen LogP contribution in [0.15, 0.2) is 18.2 Å². The summed E-state index contributed by atoms with van der Waals surface area (Å²) in [7, 11) is 0. The van der Waals surface area contributed by atoms with E-state index in [1.807, 2.05) is 45.9 Å². The number of hydrogen-bond donors (Lipinski definition) is 3. The number of esters is 1. The molecule has 0 aliphatic carbocycles. The monoisotopic (exact) mass is 681 g/mol. The molecule has 6 heterocycles. The molecule has 2 amide bonds. The van der Waals surface area contributed by atoms with E-state index in [0.717, 1.165) is 23.4 Å². The molecule has 0 fully saturated rings. The lowest BCUT2D eigenvalue weighted by molar-refractivity contribution is -0.143. The molecule has 0 unspecified atom stereocenters. The molecule has 11 heteroatoms. The Bertz CT molecular complexity index is 2000. The Balaban J connectivity index is 1.75. The van der Waals surface area contributed by atoms with E-state index in [0.29, 0.717) is 70.8 Å². The number of aliphatic hydroxyl groups excluding tert-OH is 1. The standard InChI is InChI=1S/C39H47N5O6/c1-8-13-44-38(48)34-25(18-45)30-17-29-23(10-3)19(4)26(40-29)16-31-33(22(7)46)21(6)28(41-31)15-27-20(5)24(11-12-32(47)50-14-9-2)36(42-27)35(39(44)49)37(34)43-30/h15-17,19-20,23-24,40,43,45H,8-14,18H2,1-7H3/t19-,20+,23-,24+/m1/s1. The van der Waals surface area contributed by atoms with Gasteiger partial charge in [0.1, 0.15) is 0 Å². The van der Waals surface area contributed by atoms with Crippen molar-refractivity contribution in [3.8, 4) is 0 Å². The molecule has 4 aliphatic rings. The van der Waals surface area contributed by atoms with E-state index in [9.17, 15) is 24.3 Å². The summed E-state index contributed by atoms with van der Waals surface area (Å²) in [5.74, 6) is -1.80. The van der Waals surface area contributed by atoms with Crippen molar-refractivity contribution >= 4 is 45.7 Å². The maximum absolute atomic E-state index is 14.5. The van der Waals surface area contributed by atoms with Crippen LogP contribution in [0.2, 0.25) is 0 Å². The highest BCUT2D eigenvalue weighted by Crippen LogP contribution is 2.45. The molecule has 2 aromatic rings. The SMILES string of the molecule is CCCOC(=O)CC[C@@H]1c2nc(cc3nc(cc4[nH]c(cc5[nH]c6c2C(=O)N(CCC)C(=O)c6c5CO)[C@H](CC)[C@H]4C)C(C(C)=O)=C3C)[C@H]1C. The third-order valence-corrected chi connectivity index (χ3v) is 10.7. The van der Waals surface area contributed by atoms with Crippen LogP contribution >= 0.6 is 0 Å². The van der Waals surface area contributed by atoms with Crippen LogP contribution in [-0.4, -0.2) is 66.7 Å². The molecule has 0 spiro atoms. The smallest absolute Gasteiger partial charge is 0.305 e. The lowest BCUT2D eigenvalue weighted by atomic mass is 9.84. The molecule has 264 valence electrons. The first-order chi connectivity index (χ1) is 23.9. The molecule has 8 bridgehead atoms. The minimum absolute atomic E-state index is 0.0689. The normalized spacial score (nSPS) is 20.8. The van der Waals surface area contributed by atoms with Crippen LogP contribution in [0.3, 0.4) is 0 Å². The second-order valence-electron chi connectivity index (χ2n) is 13.8. The van der Waals surface area contributed by atoms with Gasteiger partial charge in [0.15, 0.2) is 5.78 Å². The van der Waals surface area contributed by atoms with Gasteiger partial charge in [-0.1, -0.05) is 34.6 Å². The van der Waals surface area contributed by atoms with Crippen molar-refractivity contribution in [2.75, 3.05) is 13.2 Å². The summed E-state index contributed by atoms with van der Waals surface area (Å²) < 4.78 is 5.40. The van der Waals surface area contributed by atoms with Crippen LogP contribution in [0.1, 0.15) is 165 Å². The van der Waals surface area contributed by atoms with Crippen LogP contribution in [0, 0.1) is 0 Å². The Morgan fingerprint density at radius 2 is 1.66 bits per heavy atom. The molecule has 50 heavy (non-hydrogen) atoms. The summed E-state index contributed by atoms with van der Waals surface area (Å²) in [6, 6.07) is 5.75. The number of carbonyl (C=O) groups excluding carboxylic acids is 4. The fourth-order valence-electron chi connectivity index (χ4n) is 7.99. The number of H-pyrrole nitrogens is 2. The van der Waals surface area contributed by atoms with Crippen molar-refractivity contribution in [2.24, 2.45) is 0 Å². The Kier molecular flexibility index (Phi) is 9.81. The van der Waals surface area contributed by atoms with Crippen molar-refractivity contribution in [3.63, 3.8) is 0 Å².